The Morgan fingerprint density at radius 1 is 0.947 bits per heavy atom. The first-order valence-corrected chi connectivity index (χ1v) is 12.9. The predicted molar refractivity (Wildman–Crippen MR) is 150 cm³/mol. The monoisotopic (exact) mass is 514 g/mol. The molecule has 0 spiro atoms. The topological polar surface area (TPSA) is 79.3 Å². The van der Waals surface area contributed by atoms with Crippen molar-refractivity contribution in [3.63, 3.8) is 0 Å². The van der Waals surface area contributed by atoms with Gasteiger partial charge in [-0.05, 0) is 81.8 Å². The normalized spacial score (nSPS) is 16.7. The Bertz CT molecular complexity index is 1330. The molecule has 0 radical (unpaired) electrons. The van der Waals surface area contributed by atoms with Gasteiger partial charge in [-0.1, -0.05) is 18.2 Å². The zero-order valence-corrected chi connectivity index (χ0v) is 22.5. The van der Waals surface area contributed by atoms with Crippen molar-refractivity contribution in [2.24, 2.45) is 0 Å². The molecule has 38 heavy (non-hydrogen) atoms. The molecule has 1 atom stereocenters. The van der Waals surface area contributed by atoms with Gasteiger partial charge in [0.05, 0.1) is 24.8 Å². The third-order valence-electron chi connectivity index (χ3n) is 6.61. The van der Waals surface area contributed by atoms with Crippen molar-refractivity contribution in [2.45, 2.75) is 39.8 Å². The number of nitrogens with zero attached hydrogens (tertiary/aromatic N) is 2. The van der Waals surface area contributed by atoms with Crippen molar-refractivity contribution in [3.05, 3.63) is 89.5 Å². The van der Waals surface area contributed by atoms with Gasteiger partial charge in [-0.3, -0.25) is 14.5 Å². The Morgan fingerprint density at radius 3 is 2.18 bits per heavy atom. The number of methoxy groups -OCH3 is 1. The summed E-state index contributed by atoms with van der Waals surface area (Å²) in [5.41, 5.74) is 2.71. The number of amides is 1. The van der Waals surface area contributed by atoms with Crippen LogP contribution < -0.4 is 19.3 Å². The molecule has 3 aromatic rings. The quantitative estimate of drug-likeness (QED) is 0.216. The van der Waals surface area contributed by atoms with Gasteiger partial charge in [0.2, 0.25) is 0 Å². The maximum atomic E-state index is 13.4. The van der Waals surface area contributed by atoms with E-state index in [1.54, 1.807) is 55.6 Å². The lowest BCUT2D eigenvalue weighted by atomic mass is 9.94. The minimum atomic E-state index is -0.820. The Labute approximate surface area is 223 Å². The molecule has 0 bridgehead atoms. The number of ether oxygens (including phenoxy) is 2. The second-order valence-corrected chi connectivity index (χ2v) is 9.33. The number of carbonyl (C=O) groups excluding carboxylic acids is 2. The highest BCUT2D eigenvalue weighted by Gasteiger charge is 2.47. The molecule has 0 saturated carbocycles. The van der Waals surface area contributed by atoms with Crippen LogP contribution in [0.5, 0.6) is 11.5 Å². The second-order valence-electron chi connectivity index (χ2n) is 9.33. The number of benzene rings is 3. The fourth-order valence-electron chi connectivity index (χ4n) is 4.75. The summed E-state index contributed by atoms with van der Waals surface area (Å²) in [6, 6.07) is 20.8. The number of anilines is 2. The van der Waals surface area contributed by atoms with Crippen molar-refractivity contribution < 1.29 is 24.2 Å². The summed E-state index contributed by atoms with van der Waals surface area (Å²) in [5.74, 6) is -0.483. The van der Waals surface area contributed by atoms with E-state index in [2.05, 4.69) is 18.7 Å². The molecule has 1 saturated heterocycles. The SMILES string of the molecule is CCN(CC)c1ccc(C2/C(=C(\O)c3ccc(OC(C)C)cc3)C(=O)C(=O)N2c2cccc(OC)c2)cc1. The molecule has 7 nitrogen and oxygen atoms in total. The van der Waals surface area contributed by atoms with E-state index in [4.69, 9.17) is 9.47 Å². The molecule has 1 aliphatic heterocycles. The minimum absolute atomic E-state index is 0.00180. The van der Waals surface area contributed by atoms with Gasteiger partial charge in [0.15, 0.2) is 0 Å². The van der Waals surface area contributed by atoms with Crippen LogP contribution in [0.15, 0.2) is 78.4 Å². The van der Waals surface area contributed by atoms with E-state index in [1.807, 2.05) is 38.1 Å². The van der Waals surface area contributed by atoms with Crippen LogP contribution >= 0.6 is 0 Å². The number of aliphatic hydroxyl groups excluding tert-OH is 1. The first-order valence-electron chi connectivity index (χ1n) is 12.9. The van der Waals surface area contributed by atoms with Crippen LogP contribution in [0.25, 0.3) is 5.76 Å². The van der Waals surface area contributed by atoms with Crippen molar-refractivity contribution >= 4 is 28.8 Å². The molecular weight excluding hydrogens is 480 g/mol. The molecule has 0 aliphatic carbocycles. The number of Topliss-reactive ketones (excluding diaryl/α,β-unsaturated/α-hetero) is 1. The molecule has 1 fully saturated rings. The Hall–Kier alpha value is -4.26. The van der Waals surface area contributed by atoms with E-state index in [0.29, 0.717) is 28.3 Å². The number of aliphatic hydroxyl groups is 1. The van der Waals surface area contributed by atoms with Crippen LogP contribution in [-0.2, 0) is 9.59 Å². The number of carbonyl (C=O) groups is 2. The first-order chi connectivity index (χ1) is 18.3. The molecule has 4 rings (SSSR count). The first kappa shape index (κ1) is 26.8. The number of hydrogen-bond donors (Lipinski definition) is 1. The molecule has 1 aliphatic rings. The highest BCUT2D eigenvalue weighted by Crippen LogP contribution is 2.43. The molecule has 1 heterocycles. The number of hydrogen-bond acceptors (Lipinski definition) is 6. The van der Waals surface area contributed by atoms with Crippen molar-refractivity contribution in [1.29, 1.82) is 0 Å². The van der Waals surface area contributed by atoms with Gasteiger partial charge < -0.3 is 19.5 Å². The van der Waals surface area contributed by atoms with E-state index in [0.717, 1.165) is 18.8 Å². The van der Waals surface area contributed by atoms with Crippen LogP contribution in [-0.4, -0.2) is 43.1 Å². The third-order valence-corrected chi connectivity index (χ3v) is 6.61. The second kappa shape index (κ2) is 11.4. The molecule has 1 amide bonds. The van der Waals surface area contributed by atoms with E-state index in [1.165, 1.54) is 4.90 Å². The van der Waals surface area contributed by atoms with E-state index in [9.17, 15) is 14.7 Å². The van der Waals surface area contributed by atoms with Crippen LogP contribution in [0, 0.1) is 0 Å². The van der Waals surface area contributed by atoms with Crippen molar-refractivity contribution in [3.8, 4) is 11.5 Å². The fraction of sp³-hybridized carbons (Fsp3) is 0.290. The predicted octanol–water partition coefficient (Wildman–Crippen LogP) is 5.95. The average Bonchev–Trinajstić information content (AvgIpc) is 3.19. The Balaban J connectivity index is 1.85. The summed E-state index contributed by atoms with van der Waals surface area (Å²) in [7, 11) is 1.54. The van der Waals surface area contributed by atoms with Crippen LogP contribution in [0.2, 0.25) is 0 Å². The van der Waals surface area contributed by atoms with E-state index < -0.39 is 17.7 Å². The molecule has 1 unspecified atom stereocenters. The number of ketones is 1. The lowest BCUT2D eigenvalue weighted by Gasteiger charge is -2.27. The number of rotatable bonds is 9. The molecule has 0 aromatic heterocycles. The van der Waals surface area contributed by atoms with Gasteiger partial charge in [-0.15, -0.1) is 0 Å². The molecule has 3 aromatic carbocycles. The Morgan fingerprint density at radius 2 is 1.61 bits per heavy atom. The molecule has 1 N–H and O–H groups in total. The smallest absolute Gasteiger partial charge is 0.300 e. The summed E-state index contributed by atoms with van der Waals surface area (Å²) in [6.45, 7) is 9.75. The molecule has 7 heteroatoms. The molecular formula is C31H34N2O5. The maximum absolute atomic E-state index is 13.4. The largest absolute Gasteiger partial charge is 0.507 e. The highest BCUT2D eigenvalue weighted by atomic mass is 16.5. The third kappa shape index (κ3) is 5.23. The summed E-state index contributed by atoms with van der Waals surface area (Å²) in [6.07, 6.45) is 0.00180. The summed E-state index contributed by atoms with van der Waals surface area (Å²) in [4.78, 5) is 30.5. The van der Waals surface area contributed by atoms with Gasteiger partial charge in [0, 0.05) is 36.1 Å². The molecule has 198 valence electrons. The van der Waals surface area contributed by atoms with Gasteiger partial charge in [0.25, 0.3) is 11.7 Å². The summed E-state index contributed by atoms with van der Waals surface area (Å²) >= 11 is 0. The average molecular weight is 515 g/mol. The van der Waals surface area contributed by atoms with Gasteiger partial charge in [-0.25, -0.2) is 0 Å². The van der Waals surface area contributed by atoms with Crippen molar-refractivity contribution in [2.75, 3.05) is 30.0 Å². The van der Waals surface area contributed by atoms with Gasteiger partial charge in [-0.2, -0.15) is 0 Å². The van der Waals surface area contributed by atoms with Crippen LogP contribution in [0.3, 0.4) is 0 Å². The van der Waals surface area contributed by atoms with Crippen LogP contribution in [0.1, 0.15) is 44.9 Å². The minimum Gasteiger partial charge on any atom is -0.507 e. The van der Waals surface area contributed by atoms with Gasteiger partial charge >= 0.3 is 0 Å². The zero-order valence-electron chi connectivity index (χ0n) is 22.5. The van der Waals surface area contributed by atoms with E-state index in [-0.39, 0.29) is 17.4 Å². The zero-order chi connectivity index (χ0) is 27.4. The fourth-order valence-corrected chi connectivity index (χ4v) is 4.75. The summed E-state index contributed by atoms with van der Waals surface area (Å²) < 4.78 is 11.1. The summed E-state index contributed by atoms with van der Waals surface area (Å²) in [5, 5.41) is 11.4. The standard InChI is InChI=1S/C31H34N2O5/c1-6-32(7-2)23-15-11-21(12-16-23)28-27(29(34)22-13-17-25(18-14-22)38-20(3)4)30(35)31(36)33(28)24-9-8-10-26(19-24)37-5/h8-20,28,34H,6-7H2,1-5H3/b29-27+. The van der Waals surface area contributed by atoms with Crippen LogP contribution in [0.4, 0.5) is 11.4 Å². The lowest BCUT2D eigenvalue weighted by molar-refractivity contribution is -0.132. The van der Waals surface area contributed by atoms with Crippen molar-refractivity contribution in [1.82, 2.24) is 0 Å². The maximum Gasteiger partial charge on any atom is 0.300 e. The lowest BCUT2D eigenvalue weighted by Crippen LogP contribution is -2.29. The van der Waals surface area contributed by atoms with Gasteiger partial charge in [0.1, 0.15) is 17.3 Å². The van der Waals surface area contributed by atoms with E-state index >= 15 is 0 Å². The highest BCUT2D eigenvalue weighted by molar-refractivity contribution is 6.51. The Kier molecular flexibility index (Phi) is 8.05.